The van der Waals surface area contributed by atoms with Crippen LogP contribution in [0.3, 0.4) is 0 Å². The second-order valence-electron chi connectivity index (χ2n) is 8.21. The normalized spacial score (nSPS) is 21.4. The number of hydrogen-bond acceptors (Lipinski definition) is 6. The molecule has 0 amide bonds. The van der Waals surface area contributed by atoms with E-state index in [0.29, 0.717) is 11.3 Å². The molecule has 1 aliphatic heterocycles. The molecule has 1 aliphatic carbocycles. The van der Waals surface area contributed by atoms with E-state index < -0.39 is 10.0 Å². The zero-order chi connectivity index (χ0) is 22.1. The zero-order valence-corrected chi connectivity index (χ0v) is 19.2. The Morgan fingerprint density at radius 3 is 2.34 bits per heavy atom. The highest BCUT2D eigenvalue weighted by Gasteiger charge is 2.39. The SMILES string of the molecule is O=Cc1ccc(N2CCN([C@@H]3c4ccccc4C[C@H]3NS(=O)(=O)c3ccccc3)CC2)s1. The lowest BCUT2D eigenvalue weighted by Crippen LogP contribution is -2.52. The Hall–Kier alpha value is -2.52. The minimum Gasteiger partial charge on any atom is -0.361 e. The van der Waals surface area contributed by atoms with E-state index in [1.807, 2.05) is 30.3 Å². The van der Waals surface area contributed by atoms with Crippen molar-refractivity contribution in [3.8, 4) is 0 Å². The molecule has 0 saturated carbocycles. The van der Waals surface area contributed by atoms with Gasteiger partial charge in [0.15, 0.2) is 6.29 Å². The van der Waals surface area contributed by atoms with Crippen LogP contribution in [0.5, 0.6) is 0 Å². The third-order valence-electron chi connectivity index (χ3n) is 6.30. The molecule has 0 spiro atoms. The second kappa shape index (κ2) is 8.78. The van der Waals surface area contributed by atoms with Gasteiger partial charge in [-0.05, 0) is 41.8 Å². The number of fused-ring (bicyclic) bond motifs is 1. The van der Waals surface area contributed by atoms with Crippen molar-refractivity contribution in [3.63, 3.8) is 0 Å². The van der Waals surface area contributed by atoms with Gasteiger partial charge in [-0.15, -0.1) is 11.3 Å². The van der Waals surface area contributed by atoms with Crippen molar-refractivity contribution in [2.75, 3.05) is 31.1 Å². The average molecular weight is 468 g/mol. The molecule has 2 aromatic carbocycles. The predicted octanol–water partition coefficient (Wildman–Crippen LogP) is 3.33. The maximum Gasteiger partial charge on any atom is 0.240 e. The van der Waals surface area contributed by atoms with Gasteiger partial charge in [0.1, 0.15) is 0 Å². The van der Waals surface area contributed by atoms with Crippen molar-refractivity contribution in [1.29, 1.82) is 0 Å². The highest BCUT2D eigenvalue weighted by atomic mass is 32.2. The van der Waals surface area contributed by atoms with Crippen molar-refractivity contribution >= 4 is 32.6 Å². The van der Waals surface area contributed by atoms with E-state index in [1.165, 1.54) is 22.5 Å². The van der Waals surface area contributed by atoms with Gasteiger partial charge in [0, 0.05) is 32.2 Å². The number of hydrogen-bond donors (Lipinski definition) is 1. The van der Waals surface area contributed by atoms with Gasteiger partial charge in [0.2, 0.25) is 10.0 Å². The summed E-state index contributed by atoms with van der Waals surface area (Å²) in [6.45, 7) is 3.35. The van der Waals surface area contributed by atoms with E-state index in [2.05, 4.69) is 26.7 Å². The fourth-order valence-corrected chi connectivity index (χ4v) is 6.93. The maximum atomic E-state index is 13.1. The van der Waals surface area contributed by atoms with E-state index in [1.54, 1.807) is 24.3 Å². The lowest BCUT2D eigenvalue weighted by Gasteiger charge is -2.40. The number of anilines is 1. The molecule has 0 radical (unpaired) electrons. The monoisotopic (exact) mass is 467 g/mol. The largest absolute Gasteiger partial charge is 0.361 e. The summed E-state index contributed by atoms with van der Waals surface area (Å²) in [6.07, 6.45) is 1.57. The Morgan fingerprint density at radius 2 is 1.62 bits per heavy atom. The third kappa shape index (κ3) is 4.11. The predicted molar refractivity (Wildman–Crippen MR) is 127 cm³/mol. The molecule has 5 rings (SSSR count). The number of carbonyl (C=O) groups is 1. The second-order valence-corrected chi connectivity index (χ2v) is 11.0. The number of carbonyl (C=O) groups excluding carboxylic acids is 1. The first-order chi connectivity index (χ1) is 15.5. The minimum absolute atomic E-state index is 0.000657. The molecule has 0 unspecified atom stereocenters. The molecule has 1 N–H and O–H groups in total. The first-order valence-electron chi connectivity index (χ1n) is 10.7. The van der Waals surface area contributed by atoms with Gasteiger partial charge in [-0.3, -0.25) is 9.69 Å². The number of nitrogens with one attached hydrogen (secondary N) is 1. The zero-order valence-electron chi connectivity index (χ0n) is 17.6. The van der Waals surface area contributed by atoms with E-state index in [-0.39, 0.29) is 12.1 Å². The minimum atomic E-state index is -3.61. The van der Waals surface area contributed by atoms with Crippen molar-refractivity contribution in [2.45, 2.75) is 23.4 Å². The molecule has 3 aromatic rings. The van der Waals surface area contributed by atoms with Crippen molar-refractivity contribution < 1.29 is 13.2 Å². The van der Waals surface area contributed by atoms with Gasteiger partial charge in [-0.2, -0.15) is 0 Å². The molecule has 1 aromatic heterocycles. The molecule has 166 valence electrons. The molecule has 2 aliphatic rings. The van der Waals surface area contributed by atoms with Gasteiger partial charge < -0.3 is 4.90 Å². The fraction of sp³-hybridized carbons (Fsp3) is 0.292. The number of piperazine rings is 1. The molecular formula is C24H25N3O3S2. The third-order valence-corrected chi connectivity index (χ3v) is 8.88. The maximum absolute atomic E-state index is 13.1. The first kappa shape index (κ1) is 21.3. The average Bonchev–Trinajstić information content (AvgIpc) is 3.44. The Morgan fingerprint density at radius 1 is 0.906 bits per heavy atom. The van der Waals surface area contributed by atoms with E-state index in [0.717, 1.165) is 42.3 Å². The Labute approximate surface area is 192 Å². The van der Waals surface area contributed by atoms with Crippen LogP contribution in [-0.4, -0.2) is 51.8 Å². The van der Waals surface area contributed by atoms with Crippen LogP contribution in [0.1, 0.15) is 26.8 Å². The van der Waals surface area contributed by atoms with Crippen LogP contribution < -0.4 is 9.62 Å². The molecule has 8 heteroatoms. The molecule has 6 nitrogen and oxygen atoms in total. The van der Waals surface area contributed by atoms with Crippen LogP contribution in [0.15, 0.2) is 71.6 Å². The first-order valence-corrected chi connectivity index (χ1v) is 13.0. The van der Waals surface area contributed by atoms with Gasteiger partial charge >= 0.3 is 0 Å². The molecule has 1 saturated heterocycles. The van der Waals surface area contributed by atoms with Gasteiger partial charge in [0.05, 0.1) is 20.8 Å². The van der Waals surface area contributed by atoms with Crippen LogP contribution in [0.25, 0.3) is 0 Å². The Kier molecular flexibility index (Phi) is 5.86. The van der Waals surface area contributed by atoms with Gasteiger partial charge in [-0.1, -0.05) is 42.5 Å². The van der Waals surface area contributed by atoms with E-state index in [4.69, 9.17) is 0 Å². The summed E-state index contributed by atoms with van der Waals surface area (Å²) in [4.78, 5) is 16.8. The van der Waals surface area contributed by atoms with Crippen molar-refractivity contribution in [1.82, 2.24) is 9.62 Å². The smallest absolute Gasteiger partial charge is 0.240 e. The molecular weight excluding hydrogens is 442 g/mol. The summed E-state index contributed by atoms with van der Waals surface area (Å²) in [7, 11) is -3.61. The summed E-state index contributed by atoms with van der Waals surface area (Å²) < 4.78 is 29.1. The van der Waals surface area contributed by atoms with Gasteiger partial charge in [0.25, 0.3) is 0 Å². The quantitative estimate of drug-likeness (QED) is 0.563. The molecule has 2 heterocycles. The number of nitrogens with zero attached hydrogens (tertiary/aromatic N) is 2. The number of aldehydes is 1. The highest BCUT2D eigenvalue weighted by Crippen LogP contribution is 2.38. The Bertz CT molecular complexity index is 1200. The summed E-state index contributed by atoms with van der Waals surface area (Å²) in [5.74, 6) is 0. The lowest BCUT2D eigenvalue weighted by atomic mass is 10.0. The molecule has 2 atom stereocenters. The number of thiophene rings is 1. The molecule has 32 heavy (non-hydrogen) atoms. The number of rotatable bonds is 6. The van der Waals surface area contributed by atoms with E-state index >= 15 is 0 Å². The number of benzene rings is 2. The lowest BCUT2D eigenvalue weighted by molar-refractivity contribution is 0.112. The summed E-state index contributed by atoms with van der Waals surface area (Å²) in [5, 5.41) is 1.11. The van der Waals surface area contributed by atoms with Crippen molar-refractivity contribution in [3.05, 3.63) is 82.7 Å². The summed E-state index contributed by atoms with van der Waals surface area (Å²) in [6, 6.07) is 20.5. The summed E-state index contributed by atoms with van der Waals surface area (Å²) in [5.41, 5.74) is 2.41. The van der Waals surface area contributed by atoms with Gasteiger partial charge in [-0.25, -0.2) is 13.1 Å². The van der Waals surface area contributed by atoms with Crippen molar-refractivity contribution in [2.24, 2.45) is 0 Å². The number of sulfonamides is 1. The fourth-order valence-electron chi connectivity index (χ4n) is 4.79. The molecule has 0 bridgehead atoms. The van der Waals surface area contributed by atoms with Crippen LogP contribution >= 0.6 is 11.3 Å². The highest BCUT2D eigenvalue weighted by molar-refractivity contribution is 7.89. The molecule has 1 fully saturated rings. The van der Waals surface area contributed by atoms with Crippen LogP contribution in [-0.2, 0) is 16.4 Å². The van der Waals surface area contributed by atoms with E-state index in [9.17, 15) is 13.2 Å². The standard InChI is InChI=1S/C24H25N3O3S2/c28-17-19-10-11-23(31-19)26-12-14-27(15-13-26)24-21-9-5-4-6-18(21)16-22(24)25-32(29,30)20-7-2-1-3-8-20/h1-11,17,22,24-25H,12-16H2/t22-,24-/m1/s1. The topological polar surface area (TPSA) is 69.7 Å². The van der Waals surface area contributed by atoms with Crippen LogP contribution in [0, 0.1) is 0 Å². The van der Waals surface area contributed by atoms with Crippen LogP contribution in [0.2, 0.25) is 0 Å². The summed E-state index contributed by atoms with van der Waals surface area (Å²) >= 11 is 1.52. The Balaban J connectivity index is 1.36. The van der Waals surface area contributed by atoms with Crippen LogP contribution in [0.4, 0.5) is 5.00 Å².